The minimum Gasteiger partial charge on any atom is -0.508 e. The van der Waals surface area contributed by atoms with Crippen LogP contribution in [0.15, 0.2) is 49.2 Å². The Labute approximate surface area is 189 Å². The number of aliphatic hydroxyl groups is 1. The summed E-state index contributed by atoms with van der Waals surface area (Å²) in [6, 6.07) is 12.7. The smallest absolute Gasteiger partial charge is 0.117 e. The molecular weight excluding hydrogens is 408 g/mol. The number of fused-ring (bicyclic) bond motifs is 1. The minimum atomic E-state index is 0.182. The average molecular weight is 439 g/mol. The molecule has 0 spiro atoms. The molecule has 0 unspecified atom stereocenters. The standard InChI is InChI=1S/C25H30N2OS2/c1-17(28)23-21-14-25(2,3)12-11-22(21)30-24(23)20-10-6-5-8-18(20)15-27(29)16-19-9-7-13-26(19)4/h5-10,13,28-29H,1,11-12,14-16H2,2-4H3. The second-order valence-corrected chi connectivity index (χ2v) is 10.8. The monoisotopic (exact) mass is 438 g/mol. The van der Waals surface area contributed by atoms with Crippen molar-refractivity contribution in [1.29, 1.82) is 0 Å². The average Bonchev–Trinajstić information content (AvgIpc) is 3.24. The topological polar surface area (TPSA) is 28.4 Å². The maximum absolute atomic E-state index is 10.5. The lowest BCUT2D eigenvalue weighted by molar-refractivity contribution is 0.317. The van der Waals surface area contributed by atoms with Crippen LogP contribution >= 0.6 is 24.2 Å². The predicted octanol–water partition coefficient (Wildman–Crippen LogP) is 6.64. The number of thiol groups is 1. The van der Waals surface area contributed by atoms with E-state index in [1.54, 1.807) is 0 Å². The van der Waals surface area contributed by atoms with Gasteiger partial charge in [0.15, 0.2) is 0 Å². The molecular formula is C25H30N2OS2. The number of hydrogen-bond donors (Lipinski definition) is 2. The summed E-state index contributed by atoms with van der Waals surface area (Å²) in [7, 11) is 2.06. The van der Waals surface area contributed by atoms with Gasteiger partial charge in [0.25, 0.3) is 0 Å². The quantitative estimate of drug-likeness (QED) is 0.333. The molecule has 1 aromatic carbocycles. The molecule has 4 rings (SSSR count). The van der Waals surface area contributed by atoms with Crippen LogP contribution in [0.4, 0.5) is 0 Å². The van der Waals surface area contributed by atoms with Crippen LogP contribution in [0.3, 0.4) is 0 Å². The number of benzene rings is 1. The van der Waals surface area contributed by atoms with Crippen molar-refractivity contribution in [3.8, 4) is 10.4 Å². The normalized spacial score (nSPS) is 15.4. The van der Waals surface area contributed by atoms with Crippen molar-refractivity contribution in [3.63, 3.8) is 0 Å². The van der Waals surface area contributed by atoms with E-state index in [9.17, 15) is 5.11 Å². The highest BCUT2D eigenvalue weighted by Gasteiger charge is 2.32. The molecule has 1 aliphatic rings. The summed E-state index contributed by atoms with van der Waals surface area (Å²) < 4.78 is 4.16. The van der Waals surface area contributed by atoms with Gasteiger partial charge in [0.1, 0.15) is 5.76 Å². The summed E-state index contributed by atoms with van der Waals surface area (Å²) in [5.74, 6) is 0.182. The van der Waals surface area contributed by atoms with Gasteiger partial charge in [0, 0.05) is 47.3 Å². The van der Waals surface area contributed by atoms with Gasteiger partial charge in [0.05, 0.1) is 0 Å². The van der Waals surface area contributed by atoms with Crippen LogP contribution in [0.5, 0.6) is 0 Å². The first-order valence-electron chi connectivity index (χ1n) is 10.4. The molecule has 3 aromatic rings. The molecule has 0 bridgehead atoms. The molecule has 5 heteroatoms. The van der Waals surface area contributed by atoms with Crippen LogP contribution in [0.1, 0.15) is 47.5 Å². The van der Waals surface area contributed by atoms with E-state index in [1.165, 1.54) is 33.7 Å². The Morgan fingerprint density at radius 2 is 2.00 bits per heavy atom. The lowest BCUT2D eigenvalue weighted by Gasteiger charge is -2.30. The van der Waals surface area contributed by atoms with Crippen molar-refractivity contribution in [2.45, 2.75) is 46.2 Å². The third-order valence-corrected chi connectivity index (χ3v) is 7.68. The summed E-state index contributed by atoms with van der Waals surface area (Å²) >= 11 is 6.58. The van der Waals surface area contributed by atoms with E-state index in [0.29, 0.717) is 0 Å². The zero-order valence-corrected chi connectivity index (χ0v) is 19.7. The van der Waals surface area contributed by atoms with E-state index in [2.05, 4.69) is 74.6 Å². The van der Waals surface area contributed by atoms with Gasteiger partial charge in [-0.25, -0.2) is 4.31 Å². The highest BCUT2D eigenvalue weighted by Crippen LogP contribution is 2.47. The fourth-order valence-electron chi connectivity index (χ4n) is 4.39. The largest absolute Gasteiger partial charge is 0.508 e. The Hall–Kier alpha value is -1.95. The van der Waals surface area contributed by atoms with E-state index in [0.717, 1.165) is 36.4 Å². The lowest BCUT2D eigenvalue weighted by atomic mass is 9.75. The number of aromatic nitrogens is 1. The summed E-state index contributed by atoms with van der Waals surface area (Å²) in [5, 5.41) is 10.5. The van der Waals surface area contributed by atoms with E-state index in [1.807, 2.05) is 15.6 Å². The first-order valence-corrected chi connectivity index (χ1v) is 11.6. The third kappa shape index (κ3) is 4.25. The summed E-state index contributed by atoms with van der Waals surface area (Å²) in [6.07, 6.45) is 5.30. The second kappa shape index (κ2) is 8.29. The van der Waals surface area contributed by atoms with E-state index >= 15 is 0 Å². The van der Waals surface area contributed by atoms with E-state index in [4.69, 9.17) is 12.8 Å². The number of aliphatic hydroxyl groups excluding tert-OH is 1. The van der Waals surface area contributed by atoms with Gasteiger partial charge in [0.2, 0.25) is 0 Å². The predicted molar refractivity (Wildman–Crippen MR) is 131 cm³/mol. The highest BCUT2D eigenvalue weighted by molar-refractivity contribution is 7.77. The lowest BCUT2D eigenvalue weighted by Crippen LogP contribution is -2.21. The molecule has 30 heavy (non-hydrogen) atoms. The summed E-state index contributed by atoms with van der Waals surface area (Å²) in [5.41, 5.74) is 6.10. The Balaban J connectivity index is 1.70. The molecule has 0 fully saturated rings. The molecule has 1 aliphatic carbocycles. The molecule has 2 aromatic heterocycles. The van der Waals surface area contributed by atoms with Crippen molar-refractivity contribution in [1.82, 2.24) is 8.87 Å². The van der Waals surface area contributed by atoms with Gasteiger partial charge >= 0.3 is 0 Å². The zero-order valence-electron chi connectivity index (χ0n) is 18.0. The van der Waals surface area contributed by atoms with Gasteiger partial charge in [-0.2, -0.15) is 0 Å². The van der Waals surface area contributed by atoms with E-state index in [-0.39, 0.29) is 11.2 Å². The Bertz CT molecular complexity index is 1080. The van der Waals surface area contributed by atoms with Crippen LogP contribution in [-0.2, 0) is 33.0 Å². The van der Waals surface area contributed by atoms with Crippen molar-refractivity contribution in [2.24, 2.45) is 12.5 Å². The molecule has 0 atom stereocenters. The van der Waals surface area contributed by atoms with Gasteiger partial charge in [-0.1, -0.05) is 57.5 Å². The number of nitrogens with zero attached hydrogens (tertiary/aromatic N) is 2. The molecule has 0 aliphatic heterocycles. The third-order valence-electron chi connectivity index (χ3n) is 6.07. The second-order valence-electron chi connectivity index (χ2n) is 9.09. The van der Waals surface area contributed by atoms with Crippen molar-refractivity contribution in [3.05, 3.63) is 76.4 Å². The van der Waals surface area contributed by atoms with Crippen LogP contribution < -0.4 is 0 Å². The van der Waals surface area contributed by atoms with Crippen LogP contribution in [0.25, 0.3) is 16.2 Å². The van der Waals surface area contributed by atoms with Crippen molar-refractivity contribution < 1.29 is 5.11 Å². The molecule has 3 nitrogen and oxygen atoms in total. The van der Waals surface area contributed by atoms with Gasteiger partial charge in [-0.05, 0) is 53.5 Å². The first-order chi connectivity index (χ1) is 14.2. The number of rotatable bonds is 6. The van der Waals surface area contributed by atoms with Crippen LogP contribution in [0, 0.1) is 5.41 Å². The molecule has 0 amide bonds. The van der Waals surface area contributed by atoms with Crippen LogP contribution in [0.2, 0.25) is 0 Å². The van der Waals surface area contributed by atoms with Gasteiger partial charge in [-0.15, -0.1) is 11.3 Å². The highest BCUT2D eigenvalue weighted by atomic mass is 32.1. The fraction of sp³-hybridized carbons (Fsp3) is 0.360. The number of hydrogen-bond acceptors (Lipinski definition) is 4. The van der Waals surface area contributed by atoms with Crippen LogP contribution in [-0.4, -0.2) is 14.0 Å². The molecule has 0 saturated heterocycles. The van der Waals surface area contributed by atoms with E-state index < -0.39 is 0 Å². The summed E-state index contributed by atoms with van der Waals surface area (Å²) in [4.78, 5) is 2.54. The Kier molecular flexibility index (Phi) is 5.88. The van der Waals surface area contributed by atoms with Crippen molar-refractivity contribution >= 4 is 29.9 Å². The minimum absolute atomic E-state index is 0.182. The van der Waals surface area contributed by atoms with Gasteiger partial charge < -0.3 is 9.67 Å². The Morgan fingerprint density at radius 3 is 2.70 bits per heavy atom. The molecule has 2 heterocycles. The molecule has 158 valence electrons. The van der Waals surface area contributed by atoms with Gasteiger partial charge in [-0.3, -0.25) is 0 Å². The molecule has 0 radical (unpaired) electrons. The summed E-state index contributed by atoms with van der Waals surface area (Å²) in [6.45, 7) is 10.0. The number of aryl methyl sites for hydroxylation is 2. The maximum atomic E-state index is 10.5. The van der Waals surface area contributed by atoms with Crippen molar-refractivity contribution in [2.75, 3.05) is 0 Å². The number of thiophene rings is 1. The maximum Gasteiger partial charge on any atom is 0.117 e. The SMILES string of the molecule is C=C(O)c1c(-c2ccccc2CN(S)Cc2cccn2C)sc2c1CC(C)(C)CC2. The zero-order chi connectivity index (χ0) is 21.5. The fourth-order valence-corrected chi connectivity index (χ4v) is 6.09. The molecule has 1 N–H and O–H groups in total. The molecule has 0 saturated carbocycles. The Morgan fingerprint density at radius 1 is 1.23 bits per heavy atom. The first kappa shape index (κ1) is 21.3.